The number of hydrogen-bond donors (Lipinski definition) is 1. The molecule has 0 saturated heterocycles. The van der Waals surface area contributed by atoms with Crippen molar-refractivity contribution < 1.29 is 0 Å². The monoisotopic (exact) mass is 279 g/mol. The molecule has 1 heterocycles. The summed E-state index contributed by atoms with van der Waals surface area (Å²) in [4.78, 5) is 0. The summed E-state index contributed by atoms with van der Waals surface area (Å²) >= 11 is 3.55. The van der Waals surface area contributed by atoms with Gasteiger partial charge in [-0.2, -0.15) is 5.10 Å². The van der Waals surface area contributed by atoms with E-state index in [1.165, 1.54) is 0 Å². The number of benzene rings is 1. The number of halogens is 1. The van der Waals surface area contributed by atoms with E-state index >= 15 is 0 Å². The molecule has 2 aromatic rings. The molecule has 3 nitrogen and oxygen atoms in total. The Balaban J connectivity index is 2.44. The molecule has 2 N–H and O–H groups in total. The maximum absolute atomic E-state index is 5.83. The average Bonchev–Trinajstić information content (AvgIpc) is 2.64. The van der Waals surface area contributed by atoms with Crippen molar-refractivity contribution in [3.63, 3.8) is 0 Å². The molecule has 0 radical (unpaired) electrons. The van der Waals surface area contributed by atoms with Crippen LogP contribution in [0.3, 0.4) is 0 Å². The molecule has 1 atom stereocenters. The lowest BCUT2D eigenvalue weighted by molar-refractivity contribution is 0.811. The molecule has 1 aromatic carbocycles. The molecule has 84 valence electrons. The van der Waals surface area contributed by atoms with E-state index in [9.17, 15) is 0 Å². The SMILES string of the molecule is Cc1ccn(-c2ccc([C@@H](C)N)cc2Br)n1. The quantitative estimate of drug-likeness (QED) is 0.919. The van der Waals surface area contributed by atoms with Crippen LogP contribution in [-0.2, 0) is 0 Å². The maximum Gasteiger partial charge on any atom is 0.0787 e. The third kappa shape index (κ3) is 2.18. The zero-order valence-electron chi connectivity index (χ0n) is 9.31. The fourth-order valence-electron chi connectivity index (χ4n) is 1.54. The fourth-order valence-corrected chi connectivity index (χ4v) is 2.12. The van der Waals surface area contributed by atoms with Crippen LogP contribution in [0.25, 0.3) is 5.69 Å². The molecule has 0 amide bonds. The highest BCUT2D eigenvalue weighted by Gasteiger charge is 2.06. The van der Waals surface area contributed by atoms with E-state index < -0.39 is 0 Å². The van der Waals surface area contributed by atoms with Crippen LogP contribution >= 0.6 is 15.9 Å². The summed E-state index contributed by atoms with van der Waals surface area (Å²) < 4.78 is 2.86. The Labute approximate surface area is 103 Å². The normalized spacial score (nSPS) is 12.8. The molecule has 0 bridgehead atoms. The standard InChI is InChI=1S/C12H14BrN3/c1-8-5-6-16(15-8)12-4-3-10(9(2)14)7-11(12)13/h3-7,9H,14H2,1-2H3/t9-/m1/s1. The van der Waals surface area contributed by atoms with Gasteiger partial charge in [-0.1, -0.05) is 6.07 Å². The van der Waals surface area contributed by atoms with Crippen molar-refractivity contribution in [3.05, 3.63) is 46.2 Å². The molecule has 0 aliphatic carbocycles. The average molecular weight is 280 g/mol. The Morgan fingerprint density at radius 1 is 1.38 bits per heavy atom. The van der Waals surface area contributed by atoms with Crippen LogP contribution < -0.4 is 5.73 Å². The van der Waals surface area contributed by atoms with Crippen LogP contribution in [0.2, 0.25) is 0 Å². The van der Waals surface area contributed by atoms with E-state index in [1.54, 1.807) is 0 Å². The van der Waals surface area contributed by atoms with E-state index in [-0.39, 0.29) is 6.04 Å². The van der Waals surface area contributed by atoms with Gasteiger partial charge in [-0.3, -0.25) is 0 Å². The Bertz CT molecular complexity index is 503. The van der Waals surface area contributed by atoms with Gasteiger partial charge in [0.2, 0.25) is 0 Å². The van der Waals surface area contributed by atoms with Gasteiger partial charge >= 0.3 is 0 Å². The summed E-state index contributed by atoms with van der Waals surface area (Å²) in [6, 6.07) is 8.12. The largest absolute Gasteiger partial charge is 0.324 e. The van der Waals surface area contributed by atoms with Crippen molar-refractivity contribution in [2.75, 3.05) is 0 Å². The Morgan fingerprint density at radius 3 is 2.62 bits per heavy atom. The van der Waals surface area contributed by atoms with Gasteiger partial charge in [0.1, 0.15) is 0 Å². The first-order valence-electron chi connectivity index (χ1n) is 5.15. The van der Waals surface area contributed by atoms with Crippen LogP contribution in [0.15, 0.2) is 34.9 Å². The lowest BCUT2D eigenvalue weighted by atomic mass is 10.1. The van der Waals surface area contributed by atoms with Gasteiger partial charge in [0.25, 0.3) is 0 Å². The number of rotatable bonds is 2. The highest BCUT2D eigenvalue weighted by molar-refractivity contribution is 9.10. The summed E-state index contributed by atoms with van der Waals surface area (Å²) in [5.74, 6) is 0. The van der Waals surface area contributed by atoms with Crippen LogP contribution in [-0.4, -0.2) is 9.78 Å². The number of nitrogens with zero attached hydrogens (tertiary/aromatic N) is 2. The smallest absolute Gasteiger partial charge is 0.0787 e. The molecule has 0 fully saturated rings. The Kier molecular flexibility index (Phi) is 3.12. The molecule has 0 spiro atoms. The maximum atomic E-state index is 5.83. The molecule has 0 saturated carbocycles. The molecule has 4 heteroatoms. The summed E-state index contributed by atoms with van der Waals surface area (Å²) in [5, 5.41) is 4.37. The van der Waals surface area contributed by atoms with Crippen LogP contribution in [0.4, 0.5) is 0 Å². The zero-order valence-corrected chi connectivity index (χ0v) is 10.9. The van der Waals surface area contributed by atoms with Crippen LogP contribution in [0.5, 0.6) is 0 Å². The van der Waals surface area contributed by atoms with Gasteiger partial charge in [-0.15, -0.1) is 0 Å². The highest BCUT2D eigenvalue weighted by Crippen LogP contribution is 2.24. The van der Waals surface area contributed by atoms with E-state index in [2.05, 4.69) is 21.0 Å². The first-order chi connectivity index (χ1) is 7.58. The van der Waals surface area contributed by atoms with E-state index in [1.807, 2.05) is 49.0 Å². The van der Waals surface area contributed by atoms with Crippen molar-refractivity contribution >= 4 is 15.9 Å². The molecule has 1 aromatic heterocycles. The molecule has 0 unspecified atom stereocenters. The van der Waals surface area contributed by atoms with Crippen molar-refractivity contribution in [2.24, 2.45) is 5.73 Å². The predicted octanol–water partition coefficient (Wildman–Crippen LogP) is 2.96. The topological polar surface area (TPSA) is 43.8 Å². The first-order valence-corrected chi connectivity index (χ1v) is 5.95. The van der Waals surface area contributed by atoms with Gasteiger partial charge in [0.15, 0.2) is 0 Å². The lowest BCUT2D eigenvalue weighted by Gasteiger charge is -2.09. The van der Waals surface area contributed by atoms with E-state index in [0.717, 1.165) is 21.4 Å². The van der Waals surface area contributed by atoms with Crippen molar-refractivity contribution in [1.82, 2.24) is 9.78 Å². The second-order valence-electron chi connectivity index (χ2n) is 3.90. The fraction of sp³-hybridized carbons (Fsp3) is 0.250. The molecule has 0 aliphatic heterocycles. The Morgan fingerprint density at radius 2 is 2.12 bits per heavy atom. The second-order valence-corrected chi connectivity index (χ2v) is 4.76. The minimum absolute atomic E-state index is 0.0460. The van der Waals surface area contributed by atoms with Gasteiger partial charge in [0, 0.05) is 16.7 Å². The number of nitrogens with two attached hydrogens (primary N) is 1. The number of aromatic nitrogens is 2. The summed E-state index contributed by atoms with van der Waals surface area (Å²) in [7, 11) is 0. The van der Waals surface area contributed by atoms with Crippen molar-refractivity contribution in [3.8, 4) is 5.69 Å². The summed E-state index contributed by atoms with van der Waals surface area (Å²) in [5.41, 5.74) is 8.97. The van der Waals surface area contributed by atoms with E-state index in [4.69, 9.17) is 5.73 Å². The molecule has 0 aliphatic rings. The third-order valence-electron chi connectivity index (χ3n) is 2.47. The minimum atomic E-state index is 0.0460. The van der Waals surface area contributed by atoms with Crippen molar-refractivity contribution in [2.45, 2.75) is 19.9 Å². The van der Waals surface area contributed by atoms with Gasteiger partial charge in [-0.25, -0.2) is 4.68 Å². The van der Waals surface area contributed by atoms with Crippen LogP contribution in [0, 0.1) is 6.92 Å². The zero-order chi connectivity index (χ0) is 11.7. The molecular weight excluding hydrogens is 266 g/mol. The third-order valence-corrected chi connectivity index (χ3v) is 3.10. The van der Waals surface area contributed by atoms with Crippen molar-refractivity contribution in [1.29, 1.82) is 0 Å². The van der Waals surface area contributed by atoms with Gasteiger partial charge < -0.3 is 5.73 Å². The van der Waals surface area contributed by atoms with E-state index in [0.29, 0.717) is 0 Å². The molecular formula is C12H14BrN3. The van der Waals surface area contributed by atoms with Crippen LogP contribution in [0.1, 0.15) is 24.2 Å². The minimum Gasteiger partial charge on any atom is -0.324 e. The van der Waals surface area contributed by atoms with Gasteiger partial charge in [0.05, 0.1) is 11.4 Å². The lowest BCUT2D eigenvalue weighted by Crippen LogP contribution is -2.05. The number of aryl methyl sites for hydroxylation is 1. The second kappa shape index (κ2) is 4.39. The number of hydrogen-bond acceptors (Lipinski definition) is 2. The summed E-state index contributed by atoms with van der Waals surface area (Å²) in [6.07, 6.45) is 1.95. The Hall–Kier alpha value is -1.13. The highest BCUT2D eigenvalue weighted by atomic mass is 79.9. The molecule has 2 rings (SSSR count). The predicted molar refractivity (Wildman–Crippen MR) is 68.6 cm³/mol. The molecule has 16 heavy (non-hydrogen) atoms. The first kappa shape index (κ1) is 11.4. The summed E-state index contributed by atoms with van der Waals surface area (Å²) in [6.45, 7) is 3.94. The van der Waals surface area contributed by atoms with Gasteiger partial charge in [-0.05, 0) is 53.5 Å².